The van der Waals surface area contributed by atoms with Gasteiger partial charge in [-0.2, -0.15) is 0 Å². The normalized spacial score (nSPS) is 14.1. The van der Waals surface area contributed by atoms with E-state index in [2.05, 4.69) is 5.32 Å². The molecule has 0 saturated carbocycles. The molecule has 1 fully saturated rings. The summed E-state index contributed by atoms with van der Waals surface area (Å²) in [6, 6.07) is 7.28. The number of hydrogen-bond acceptors (Lipinski definition) is 4. The van der Waals surface area contributed by atoms with Crippen molar-refractivity contribution in [2.75, 3.05) is 45.2 Å². The summed E-state index contributed by atoms with van der Waals surface area (Å²) in [5.74, 6) is 0.581. The van der Waals surface area contributed by atoms with Crippen LogP contribution in [0.2, 0.25) is 0 Å². The SMILES string of the molecule is CCN(CC(=O)Nc1ccccc1OC)CC(=O)N1CCCC1. The lowest BCUT2D eigenvalue weighted by atomic mass is 10.3. The second-order valence-corrected chi connectivity index (χ2v) is 5.64. The molecule has 1 aliphatic rings. The Morgan fingerprint density at radius 2 is 1.91 bits per heavy atom. The fourth-order valence-corrected chi connectivity index (χ4v) is 2.68. The predicted molar refractivity (Wildman–Crippen MR) is 89.6 cm³/mol. The van der Waals surface area contributed by atoms with Gasteiger partial charge in [0.2, 0.25) is 11.8 Å². The summed E-state index contributed by atoms with van der Waals surface area (Å²) in [7, 11) is 1.57. The quantitative estimate of drug-likeness (QED) is 0.829. The van der Waals surface area contributed by atoms with Crippen molar-refractivity contribution in [1.82, 2.24) is 9.80 Å². The lowest BCUT2D eigenvalue weighted by Gasteiger charge is -2.23. The van der Waals surface area contributed by atoms with Gasteiger partial charge in [-0.25, -0.2) is 0 Å². The summed E-state index contributed by atoms with van der Waals surface area (Å²) in [4.78, 5) is 28.1. The summed E-state index contributed by atoms with van der Waals surface area (Å²) in [5, 5.41) is 2.84. The third kappa shape index (κ3) is 4.96. The van der Waals surface area contributed by atoms with Crippen LogP contribution in [0.15, 0.2) is 24.3 Å². The van der Waals surface area contributed by atoms with Gasteiger partial charge in [-0.15, -0.1) is 0 Å². The van der Waals surface area contributed by atoms with Gasteiger partial charge in [-0.1, -0.05) is 19.1 Å². The first-order chi connectivity index (χ1) is 11.1. The van der Waals surface area contributed by atoms with Crippen molar-refractivity contribution in [1.29, 1.82) is 0 Å². The first-order valence-electron chi connectivity index (χ1n) is 8.07. The molecule has 0 aliphatic carbocycles. The van der Waals surface area contributed by atoms with Crippen LogP contribution in [-0.2, 0) is 9.59 Å². The lowest BCUT2D eigenvalue weighted by Crippen LogP contribution is -2.42. The van der Waals surface area contributed by atoms with Gasteiger partial charge in [0.05, 0.1) is 25.9 Å². The number of carbonyl (C=O) groups excluding carboxylic acids is 2. The van der Waals surface area contributed by atoms with Crippen LogP contribution in [0.3, 0.4) is 0 Å². The average molecular weight is 319 g/mol. The highest BCUT2D eigenvalue weighted by atomic mass is 16.5. The molecule has 2 amide bonds. The maximum Gasteiger partial charge on any atom is 0.238 e. The van der Waals surface area contributed by atoms with Gasteiger partial charge in [0.25, 0.3) is 0 Å². The Morgan fingerprint density at radius 3 is 2.57 bits per heavy atom. The number of para-hydroxylation sites is 2. The molecule has 0 radical (unpaired) electrons. The Labute approximate surface area is 137 Å². The zero-order valence-electron chi connectivity index (χ0n) is 13.9. The van der Waals surface area contributed by atoms with Gasteiger partial charge in [0.15, 0.2) is 0 Å². The molecule has 1 aromatic carbocycles. The molecule has 1 N–H and O–H groups in total. The molecule has 1 aromatic rings. The summed E-state index contributed by atoms with van der Waals surface area (Å²) >= 11 is 0. The zero-order chi connectivity index (χ0) is 16.7. The van der Waals surface area contributed by atoms with Gasteiger partial charge in [-0.05, 0) is 31.5 Å². The van der Waals surface area contributed by atoms with E-state index in [0.29, 0.717) is 18.0 Å². The number of likely N-dealkylation sites (tertiary alicyclic amines) is 1. The van der Waals surface area contributed by atoms with Gasteiger partial charge in [-0.3, -0.25) is 14.5 Å². The number of ether oxygens (including phenoxy) is 1. The molecule has 1 aliphatic heterocycles. The molecule has 6 nitrogen and oxygen atoms in total. The average Bonchev–Trinajstić information content (AvgIpc) is 3.09. The number of benzene rings is 1. The number of nitrogens with one attached hydrogen (secondary N) is 1. The molecule has 0 spiro atoms. The van der Waals surface area contributed by atoms with Crippen LogP contribution < -0.4 is 10.1 Å². The molecule has 126 valence electrons. The molecule has 0 aromatic heterocycles. The third-order valence-corrected chi connectivity index (χ3v) is 4.01. The summed E-state index contributed by atoms with van der Waals surface area (Å²) in [5.41, 5.74) is 0.641. The van der Waals surface area contributed by atoms with Crippen molar-refractivity contribution in [3.8, 4) is 5.75 Å². The fourth-order valence-electron chi connectivity index (χ4n) is 2.68. The summed E-state index contributed by atoms with van der Waals surface area (Å²) in [6.07, 6.45) is 2.15. The number of rotatable bonds is 7. The highest BCUT2D eigenvalue weighted by molar-refractivity contribution is 5.94. The van der Waals surface area contributed by atoms with Crippen molar-refractivity contribution >= 4 is 17.5 Å². The van der Waals surface area contributed by atoms with E-state index in [-0.39, 0.29) is 24.9 Å². The topological polar surface area (TPSA) is 61.9 Å². The summed E-state index contributed by atoms with van der Waals surface area (Å²) in [6.45, 7) is 4.75. The largest absolute Gasteiger partial charge is 0.495 e. The smallest absolute Gasteiger partial charge is 0.238 e. The van der Waals surface area contributed by atoms with E-state index in [1.165, 1.54) is 0 Å². The van der Waals surface area contributed by atoms with Gasteiger partial charge in [0, 0.05) is 13.1 Å². The number of nitrogens with zero attached hydrogens (tertiary/aromatic N) is 2. The second kappa shape index (κ2) is 8.53. The molecule has 2 rings (SSSR count). The molecule has 6 heteroatoms. The molecule has 0 atom stereocenters. The van der Waals surface area contributed by atoms with E-state index in [1.807, 2.05) is 28.9 Å². The van der Waals surface area contributed by atoms with Crippen LogP contribution in [0.25, 0.3) is 0 Å². The Bertz CT molecular complexity index is 542. The summed E-state index contributed by atoms with van der Waals surface area (Å²) < 4.78 is 5.22. The van der Waals surface area contributed by atoms with Gasteiger partial charge < -0.3 is 15.0 Å². The Hall–Kier alpha value is -2.08. The van der Waals surface area contributed by atoms with E-state index in [0.717, 1.165) is 25.9 Å². The van der Waals surface area contributed by atoms with E-state index >= 15 is 0 Å². The minimum absolute atomic E-state index is 0.106. The zero-order valence-corrected chi connectivity index (χ0v) is 13.9. The van der Waals surface area contributed by atoms with Crippen LogP contribution in [0.4, 0.5) is 5.69 Å². The van der Waals surface area contributed by atoms with Crippen molar-refractivity contribution in [2.45, 2.75) is 19.8 Å². The minimum Gasteiger partial charge on any atom is -0.495 e. The molecule has 23 heavy (non-hydrogen) atoms. The molecular formula is C17H25N3O3. The first-order valence-corrected chi connectivity index (χ1v) is 8.07. The maximum absolute atomic E-state index is 12.2. The fraction of sp³-hybridized carbons (Fsp3) is 0.529. The monoisotopic (exact) mass is 319 g/mol. The second-order valence-electron chi connectivity index (χ2n) is 5.64. The lowest BCUT2D eigenvalue weighted by molar-refractivity contribution is -0.131. The number of anilines is 1. The minimum atomic E-state index is -0.148. The van der Waals surface area contributed by atoms with Crippen LogP contribution in [0.1, 0.15) is 19.8 Å². The maximum atomic E-state index is 12.2. The van der Waals surface area contributed by atoms with Crippen molar-refractivity contribution in [3.05, 3.63) is 24.3 Å². The Morgan fingerprint density at radius 1 is 1.22 bits per heavy atom. The van der Waals surface area contributed by atoms with E-state index in [4.69, 9.17) is 4.74 Å². The highest BCUT2D eigenvalue weighted by Gasteiger charge is 2.21. The van der Waals surface area contributed by atoms with Crippen LogP contribution in [-0.4, -0.2) is 61.4 Å². The highest BCUT2D eigenvalue weighted by Crippen LogP contribution is 2.22. The molecule has 1 saturated heterocycles. The van der Waals surface area contributed by atoms with Crippen LogP contribution in [0.5, 0.6) is 5.75 Å². The van der Waals surface area contributed by atoms with E-state index < -0.39 is 0 Å². The number of carbonyl (C=O) groups is 2. The standard InChI is InChI=1S/C17H25N3O3/c1-3-19(13-17(22)20-10-6-7-11-20)12-16(21)18-14-8-4-5-9-15(14)23-2/h4-5,8-9H,3,6-7,10-13H2,1-2H3,(H,18,21). The van der Waals surface area contributed by atoms with E-state index in [9.17, 15) is 9.59 Å². The third-order valence-electron chi connectivity index (χ3n) is 4.01. The first kappa shape index (κ1) is 17.3. The van der Waals surface area contributed by atoms with Gasteiger partial charge in [0.1, 0.15) is 5.75 Å². The van der Waals surface area contributed by atoms with Crippen molar-refractivity contribution in [2.24, 2.45) is 0 Å². The number of hydrogen-bond donors (Lipinski definition) is 1. The van der Waals surface area contributed by atoms with Crippen LogP contribution >= 0.6 is 0 Å². The molecule has 1 heterocycles. The number of methoxy groups -OCH3 is 1. The Balaban J connectivity index is 1.87. The van der Waals surface area contributed by atoms with E-state index in [1.54, 1.807) is 19.2 Å². The van der Waals surface area contributed by atoms with Crippen molar-refractivity contribution in [3.63, 3.8) is 0 Å². The molecule has 0 bridgehead atoms. The Kier molecular flexibility index (Phi) is 6.40. The number of amides is 2. The van der Waals surface area contributed by atoms with Crippen molar-refractivity contribution < 1.29 is 14.3 Å². The number of likely N-dealkylation sites (N-methyl/N-ethyl adjacent to an activating group) is 1. The molecule has 0 unspecified atom stereocenters. The predicted octanol–water partition coefficient (Wildman–Crippen LogP) is 1.58. The molecular weight excluding hydrogens is 294 g/mol. The van der Waals surface area contributed by atoms with Crippen LogP contribution in [0, 0.1) is 0 Å². The van der Waals surface area contributed by atoms with Gasteiger partial charge >= 0.3 is 0 Å².